The summed E-state index contributed by atoms with van der Waals surface area (Å²) in [5, 5.41) is 14.8. The first kappa shape index (κ1) is 19.5. The highest BCUT2D eigenvalue weighted by Crippen LogP contribution is 2.35. The van der Waals surface area contributed by atoms with Crippen molar-refractivity contribution in [2.45, 2.75) is 57.2 Å². The van der Waals surface area contributed by atoms with Crippen LogP contribution in [0.25, 0.3) is 11.0 Å². The molecule has 0 spiro atoms. The summed E-state index contributed by atoms with van der Waals surface area (Å²) in [5.74, 6) is 0.765. The van der Waals surface area contributed by atoms with Crippen molar-refractivity contribution in [3.63, 3.8) is 0 Å². The summed E-state index contributed by atoms with van der Waals surface area (Å²) < 4.78 is 9.03. The summed E-state index contributed by atoms with van der Waals surface area (Å²) in [6.07, 6.45) is 6.10. The Kier molecular flexibility index (Phi) is 5.57. The maximum Gasteiger partial charge on any atom is 0.248 e. The molecule has 1 amide bonds. The monoisotopic (exact) mass is 397 g/mol. The van der Waals surface area contributed by atoms with Crippen molar-refractivity contribution in [3.8, 4) is 0 Å². The van der Waals surface area contributed by atoms with Gasteiger partial charge in [0, 0.05) is 13.7 Å². The Hall–Kier alpha value is -2.81. The first-order valence-corrected chi connectivity index (χ1v) is 10.1. The van der Waals surface area contributed by atoms with Gasteiger partial charge in [-0.05, 0) is 42.3 Å². The molecule has 9 nitrogen and oxygen atoms in total. The molecule has 3 aromatic rings. The van der Waals surface area contributed by atoms with Crippen molar-refractivity contribution in [1.29, 1.82) is 0 Å². The SMILES string of the molecule is COCCn1c([C@@H](C)NC(=O)C2(n3cnnn3)CCCCC2)nc2ccccc21. The van der Waals surface area contributed by atoms with Gasteiger partial charge in [0.25, 0.3) is 0 Å². The second kappa shape index (κ2) is 8.28. The van der Waals surface area contributed by atoms with E-state index in [-0.39, 0.29) is 11.9 Å². The molecule has 1 aromatic carbocycles. The summed E-state index contributed by atoms with van der Waals surface area (Å²) in [7, 11) is 1.68. The van der Waals surface area contributed by atoms with E-state index in [4.69, 9.17) is 9.72 Å². The van der Waals surface area contributed by atoms with Crippen LogP contribution in [0.4, 0.5) is 0 Å². The summed E-state index contributed by atoms with van der Waals surface area (Å²) in [6.45, 7) is 3.21. The number of hydrogen-bond donors (Lipinski definition) is 1. The lowest BCUT2D eigenvalue weighted by molar-refractivity contribution is -0.133. The van der Waals surface area contributed by atoms with E-state index in [2.05, 4.69) is 25.4 Å². The van der Waals surface area contributed by atoms with E-state index < -0.39 is 5.54 Å². The Morgan fingerprint density at radius 2 is 2.07 bits per heavy atom. The largest absolute Gasteiger partial charge is 0.383 e. The van der Waals surface area contributed by atoms with Gasteiger partial charge in [-0.2, -0.15) is 0 Å². The lowest BCUT2D eigenvalue weighted by atomic mass is 9.81. The van der Waals surface area contributed by atoms with Crippen molar-refractivity contribution in [3.05, 3.63) is 36.4 Å². The van der Waals surface area contributed by atoms with Crippen molar-refractivity contribution in [1.82, 2.24) is 35.1 Å². The second-order valence-electron chi connectivity index (χ2n) is 7.64. The molecule has 1 atom stereocenters. The molecule has 2 aromatic heterocycles. The van der Waals surface area contributed by atoms with E-state index in [1.54, 1.807) is 18.1 Å². The third-order valence-corrected chi connectivity index (χ3v) is 5.83. The van der Waals surface area contributed by atoms with Gasteiger partial charge in [0.05, 0.1) is 23.7 Å². The highest BCUT2D eigenvalue weighted by molar-refractivity contribution is 5.85. The van der Waals surface area contributed by atoms with Crippen molar-refractivity contribution in [2.24, 2.45) is 0 Å². The third kappa shape index (κ3) is 3.62. The molecule has 0 bridgehead atoms. The molecule has 0 radical (unpaired) electrons. The second-order valence-corrected chi connectivity index (χ2v) is 7.64. The van der Waals surface area contributed by atoms with Crippen LogP contribution in [0.2, 0.25) is 0 Å². The molecular formula is C20H27N7O2. The topological polar surface area (TPSA) is 99.8 Å². The zero-order valence-electron chi connectivity index (χ0n) is 16.9. The molecule has 1 fully saturated rings. The minimum atomic E-state index is -0.737. The number of fused-ring (bicyclic) bond motifs is 1. The first-order chi connectivity index (χ1) is 14.2. The molecule has 9 heteroatoms. The van der Waals surface area contributed by atoms with Gasteiger partial charge < -0.3 is 14.6 Å². The molecule has 0 unspecified atom stereocenters. The van der Waals surface area contributed by atoms with Crippen LogP contribution in [0.1, 0.15) is 50.9 Å². The minimum absolute atomic E-state index is 0.0534. The maximum absolute atomic E-state index is 13.5. The number of benzene rings is 1. The highest BCUT2D eigenvalue weighted by Gasteiger charge is 2.43. The molecule has 0 saturated heterocycles. The number of ether oxygens (including phenoxy) is 1. The molecule has 1 aliphatic rings. The maximum atomic E-state index is 13.5. The number of tetrazole rings is 1. The average molecular weight is 397 g/mol. The predicted octanol–water partition coefficient (Wildman–Crippen LogP) is 2.21. The van der Waals surface area contributed by atoms with E-state index in [0.717, 1.165) is 49.0 Å². The van der Waals surface area contributed by atoms with Gasteiger partial charge in [-0.15, -0.1) is 5.10 Å². The summed E-state index contributed by atoms with van der Waals surface area (Å²) in [4.78, 5) is 18.2. The van der Waals surface area contributed by atoms with Crippen LogP contribution in [0.15, 0.2) is 30.6 Å². The summed E-state index contributed by atoms with van der Waals surface area (Å²) >= 11 is 0. The van der Waals surface area contributed by atoms with Crippen LogP contribution in [-0.4, -0.2) is 49.4 Å². The molecule has 0 aliphatic heterocycles. The van der Waals surface area contributed by atoms with Gasteiger partial charge in [0.15, 0.2) is 0 Å². The third-order valence-electron chi connectivity index (χ3n) is 5.83. The van der Waals surface area contributed by atoms with Gasteiger partial charge in [-0.1, -0.05) is 31.4 Å². The number of methoxy groups -OCH3 is 1. The molecule has 29 heavy (non-hydrogen) atoms. The number of aromatic nitrogens is 6. The number of carbonyl (C=O) groups excluding carboxylic acids is 1. The van der Waals surface area contributed by atoms with Crippen molar-refractivity contribution in [2.75, 3.05) is 13.7 Å². The number of para-hydroxylation sites is 2. The van der Waals surface area contributed by atoms with Gasteiger partial charge >= 0.3 is 0 Å². The molecule has 1 aliphatic carbocycles. The Morgan fingerprint density at radius 1 is 1.28 bits per heavy atom. The predicted molar refractivity (Wildman–Crippen MR) is 107 cm³/mol. The Labute approximate surface area is 169 Å². The van der Waals surface area contributed by atoms with Gasteiger partial charge in [0.2, 0.25) is 5.91 Å². The number of nitrogens with zero attached hydrogens (tertiary/aromatic N) is 6. The number of imidazole rings is 1. The summed E-state index contributed by atoms with van der Waals surface area (Å²) in [6, 6.07) is 7.73. The normalized spacial score (nSPS) is 17.3. The van der Waals surface area contributed by atoms with E-state index in [1.165, 1.54) is 0 Å². The Morgan fingerprint density at radius 3 is 2.79 bits per heavy atom. The molecule has 1 N–H and O–H groups in total. The highest BCUT2D eigenvalue weighted by atomic mass is 16.5. The van der Waals surface area contributed by atoms with Crippen LogP contribution < -0.4 is 5.32 Å². The van der Waals surface area contributed by atoms with Crippen LogP contribution in [-0.2, 0) is 21.6 Å². The van der Waals surface area contributed by atoms with Crippen LogP contribution in [0, 0.1) is 0 Å². The van der Waals surface area contributed by atoms with Gasteiger partial charge in [-0.25, -0.2) is 9.67 Å². The van der Waals surface area contributed by atoms with E-state index in [0.29, 0.717) is 13.2 Å². The minimum Gasteiger partial charge on any atom is -0.383 e. The molecule has 4 rings (SSSR count). The van der Waals surface area contributed by atoms with Crippen molar-refractivity contribution < 1.29 is 9.53 Å². The molecule has 154 valence electrons. The fourth-order valence-electron chi connectivity index (χ4n) is 4.29. The lowest BCUT2D eigenvalue weighted by Gasteiger charge is -2.36. The van der Waals surface area contributed by atoms with Crippen LogP contribution in [0.5, 0.6) is 0 Å². The fourth-order valence-corrected chi connectivity index (χ4v) is 4.29. The Bertz CT molecular complexity index is 961. The number of hydrogen-bond acceptors (Lipinski definition) is 6. The van der Waals surface area contributed by atoms with E-state index >= 15 is 0 Å². The molecule has 2 heterocycles. The zero-order valence-corrected chi connectivity index (χ0v) is 16.9. The quantitative estimate of drug-likeness (QED) is 0.656. The number of nitrogens with one attached hydrogen (secondary N) is 1. The molecular weight excluding hydrogens is 370 g/mol. The standard InChI is InChI=1S/C20H27N7O2/c1-15(18-23-16-8-4-5-9-17(16)26(18)12-13-29-2)22-19(28)20(10-6-3-7-11-20)27-14-21-24-25-27/h4-5,8-9,14-15H,3,6-7,10-13H2,1-2H3,(H,22,28)/t15-/m1/s1. The number of carbonyl (C=O) groups is 1. The van der Waals surface area contributed by atoms with Crippen LogP contribution >= 0.6 is 0 Å². The van der Waals surface area contributed by atoms with Crippen molar-refractivity contribution >= 4 is 16.9 Å². The van der Waals surface area contributed by atoms with Gasteiger partial charge in [0.1, 0.15) is 17.7 Å². The number of amides is 1. The van der Waals surface area contributed by atoms with E-state index in [9.17, 15) is 4.79 Å². The van der Waals surface area contributed by atoms with Crippen LogP contribution in [0.3, 0.4) is 0 Å². The average Bonchev–Trinajstić information content (AvgIpc) is 3.41. The first-order valence-electron chi connectivity index (χ1n) is 10.1. The Balaban J connectivity index is 1.63. The smallest absolute Gasteiger partial charge is 0.248 e. The van der Waals surface area contributed by atoms with Gasteiger partial charge in [-0.3, -0.25) is 4.79 Å². The summed E-state index contributed by atoms with van der Waals surface area (Å²) in [5.41, 5.74) is 1.21. The number of rotatable bonds is 7. The zero-order chi connectivity index (χ0) is 20.3. The lowest BCUT2D eigenvalue weighted by Crippen LogP contribution is -2.51. The van der Waals surface area contributed by atoms with E-state index in [1.807, 2.05) is 31.2 Å². The fraction of sp³-hybridized carbons (Fsp3) is 0.550. The molecule has 1 saturated carbocycles.